The highest BCUT2D eigenvalue weighted by Gasteiger charge is 2.14. The van der Waals surface area contributed by atoms with E-state index in [1.807, 2.05) is 24.8 Å². The summed E-state index contributed by atoms with van der Waals surface area (Å²) in [6.45, 7) is 4.72. The molecule has 1 rings (SSSR count). The van der Waals surface area contributed by atoms with E-state index in [-0.39, 0.29) is 24.4 Å². The van der Waals surface area contributed by atoms with Gasteiger partial charge in [-0.05, 0) is 31.5 Å². The molecule has 0 radical (unpaired) electrons. The molecule has 0 unspecified atom stereocenters. The molecule has 0 aliphatic rings. The lowest BCUT2D eigenvalue weighted by molar-refractivity contribution is -0.142. The third-order valence-electron chi connectivity index (χ3n) is 2.56. The van der Waals surface area contributed by atoms with E-state index < -0.39 is 0 Å². The SMILES string of the molecule is COC(=O)CN(Cc1cccc(F)c1)C(C)C. The van der Waals surface area contributed by atoms with Crippen LogP contribution >= 0.6 is 0 Å². The average Bonchev–Trinajstić information content (AvgIpc) is 2.27. The van der Waals surface area contributed by atoms with Gasteiger partial charge in [-0.3, -0.25) is 9.69 Å². The molecule has 4 heteroatoms. The number of methoxy groups -OCH3 is 1. The number of carbonyl (C=O) groups excluding carboxylic acids is 1. The maximum atomic E-state index is 13.0. The van der Waals surface area contributed by atoms with Crippen LogP contribution in [0.15, 0.2) is 24.3 Å². The number of esters is 1. The summed E-state index contributed by atoms with van der Waals surface area (Å²) in [6.07, 6.45) is 0. The van der Waals surface area contributed by atoms with Gasteiger partial charge >= 0.3 is 5.97 Å². The summed E-state index contributed by atoms with van der Waals surface area (Å²) >= 11 is 0. The predicted molar refractivity (Wildman–Crippen MR) is 64.0 cm³/mol. The minimum atomic E-state index is -0.282. The Morgan fingerprint density at radius 1 is 1.47 bits per heavy atom. The molecule has 3 nitrogen and oxygen atoms in total. The summed E-state index contributed by atoms with van der Waals surface area (Å²) in [5, 5.41) is 0. The highest BCUT2D eigenvalue weighted by Crippen LogP contribution is 2.10. The summed E-state index contributed by atoms with van der Waals surface area (Å²) in [6, 6.07) is 6.59. The number of hydrogen-bond acceptors (Lipinski definition) is 3. The van der Waals surface area contributed by atoms with Gasteiger partial charge < -0.3 is 4.74 Å². The molecule has 1 aromatic rings. The van der Waals surface area contributed by atoms with Crippen LogP contribution in [0, 0.1) is 5.82 Å². The molecule has 0 aliphatic carbocycles. The van der Waals surface area contributed by atoms with Gasteiger partial charge in [0.25, 0.3) is 0 Å². The highest BCUT2D eigenvalue weighted by molar-refractivity contribution is 5.71. The van der Waals surface area contributed by atoms with Crippen LogP contribution in [-0.4, -0.2) is 30.6 Å². The lowest BCUT2D eigenvalue weighted by Gasteiger charge is -2.25. The molecule has 1 aromatic carbocycles. The fourth-order valence-corrected chi connectivity index (χ4v) is 1.52. The maximum absolute atomic E-state index is 13.0. The largest absolute Gasteiger partial charge is 0.468 e. The number of nitrogens with zero attached hydrogens (tertiary/aromatic N) is 1. The highest BCUT2D eigenvalue weighted by atomic mass is 19.1. The zero-order valence-corrected chi connectivity index (χ0v) is 10.4. The van der Waals surface area contributed by atoms with Gasteiger partial charge in [-0.2, -0.15) is 0 Å². The summed E-state index contributed by atoms with van der Waals surface area (Å²) in [7, 11) is 1.36. The molecule has 0 amide bonds. The molecular formula is C13H18FNO2. The zero-order chi connectivity index (χ0) is 12.8. The Morgan fingerprint density at radius 3 is 2.71 bits per heavy atom. The minimum absolute atomic E-state index is 0.192. The second kappa shape index (κ2) is 6.35. The first-order chi connectivity index (χ1) is 8.02. The van der Waals surface area contributed by atoms with E-state index in [2.05, 4.69) is 4.74 Å². The molecule has 0 spiro atoms. The minimum Gasteiger partial charge on any atom is -0.468 e. The quantitative estimate of drug-likeness (QED) is 0.738. The van der Waals surface area contributed by atoms with E-state index >= 15 is 0 Å². The van der Waals surface area contributed by atoms with Gasteiger partial charge in [0.05, 0.1) is 13.7 Å². The molecule has 0 saturated heterocycles. The fourth-order valence-electron chi connectivity index (χ4n) is 1.52. The Balaban J connectivity index is 2.70. The van der Waals surface area contributed by atoms with Gasteiger partial charge in [-0.25, -0.2) is 4.39 Å². The summed E-state index contributed by atoms with van der Waals surface area (Å²) in [5.41, 5.74) is 0.850. The van der Waals surface area contributed by atoms with Crippen molar-refractivity contribution >= 4 is 5.97 Å². The molecule has 0 fully saturated rings. The maximum Gasteiger partial charge on any atom is 0.319 e. The molecule has 0 N–H and O–H groups in total. The second-order valence-electron chi connectivity index (χ2n) is 4.20. The Labute approximate surface area is 101 Å². The van der Waals surface area contributed by atoms with Crippen molar-refractivity contribution in [2.75, 3.05) is 13.7 Å². The van der Waals surface area contributed by atoms with E-state index in [1.54, 1.807) is 6.07 Å². The molecule has 0 aliphatic heterocycles. The Hall–Kier alpha value is -1.42. The third kappa shape index (κ3) is 4.53. The molecular weight excluding hydrogens is 221 g/mol. The van der Waals surface area contributed by atoms with Crippen molar-refractivity contribution in [2.45, 2.75) is 26.4 Å². The lowest BCUT2D eigenvalue weighted by Crippen LogP contribution is -2.35. The van der Waals surface area contributed by atoms with Crippen molar-refractivity contribution in [3.05, 3.63) is 35.6 Å². The van der Waals surface area contributed by atoms with Crippen LogP contribution in [0.2, 0.25) is 0 Å². The number of rotatable bonds is 5. The summed E-state index contributed by atoms with van der Waals surface area (Å²) in [4.78, 5) is 13.2. The van der Waals surface area contributed by atoms with Crippen molar-refractivity contribution in [1.82, 2.24) is 4.90 Å². The molecule has 0 heterocycles. The van der Waals surface area contributed by atoms with Gasteiger partial charge in [-0.15, -0.1) is 0 Å². The van der Waals surface area contributed by atoms with Gasteiger partial charge in [0.1, 0.15) is 5.82 Å². The van der Waals surface area contributed by atoms with Gasteiger partial charge in [-0.1, -0.05) is 12.1 Å². The van der Waals surface area contributed by atoms with Crippen molar-refractivity contribution in [3.63, 3.8) is 0 Å². The molecule has 0 saturated carbocycles. The number of benzene rings is 1. The van der Waals surface area contributed by atoms with E-state index in [1.165, 1.54) is 19.2 Å². The molecule has 17 heavy (non-hydrogen) atoms. The lowest BCUT2D eigenvalue weighted by atomic mass is 10.2. The smallest absolute Gasteiger partial charge is 0.319 e. The third-order valence-corrected chi connectivity index (χ3v) is 2.56. The van der Waals surface area contributed by atoms with Crippen LogP contribution in [0.1, 0.15) is 19.4 Å². The molecule has 0 bridgehead atoms. The van der Waals surface area contributed by atoms with Crippen LogP contribution in [0.25, 0.3) is 0 Å². The van der Waals surface area contributed by atoms with E-state index in [0.29, 0.717) is 6.54 Å². The van der Waals surface area contributed by atoms with Gasteiger partial charge in [0.15, 0.2) is 0 Å². The van der Waals surface area contributed by atoms with Crippen LogP contribution < -0.4 is 0 Å². The van der Waals surface area contributed by atoms with Crippen molar-refractivity contribution < 1.29 is 13.9 Å². The fraction of sp³-hybridized carbons (Fsp3) is 0.462. The first kappa shape index (κ1) is 13.6. The van der Waals surface area contributed by atoms with Crippen molar-refractivity contribution in [2.24, 2.45) is 0 Å². The van der Waals surface area contributed by atoms with Crippen LogP contribution in [0.4, 0.5) is 4.39 Å². The van der Waals surface area contributed by atoms with Crippen molar-refractivity contribution in [3.8, 4) is 0 Å². The standard InChI is InChI=1S/C13H18FNO2/c1-10(2)15(9-13(16)17-3)8-11-5-4-6-12(14)7-11/h4-7,10H,8-9H2,1-3H3. The Morgan fingerprint density at radius 2 is 2.18 bits per heavy atom. The molecule has 0 atom stereocenters. The van der Waals surface area contributed by atoms with Crippen molar-refractivity contribution in [1.29, 1.82) is 0 Å². The number of ether oxygens (including phenoxy) is 1. The van der Waals surface area contributed by atoms with Gasteiger partial charge in [0, 0.05) is 12.6 Å². The first-order valence-electron chi connectivity index (χ1n) is 5.58. The van der Waals surface area contributed by atoms with E-state index in [4.69, 9.17) is 0 Å². The molecule has 94 valence electrons. The van der Waals surface area contributed by atoms with E-state index in [0.717, 1.165) is 5.56 Å². The Bertz CT molecular complexity index is 379. The van der Waals surface area contributed by atoms with Crippen LogP contribution in [0.5, 0.6) is 0 Å². The topological polar surface area (TPSA) is 29.5 Å². The average molecular weight is 239 g/mol. The first-order valence-corrected chi connectivity index (χ1v) is 5.58. The van der Waals surface area contributed by atoms with Crippen LogP contribution in [-0.2, 0) is 16.1 Å². The summed E-state index contributed by atoms with van der Waals surface area (Å²) in [5.74, 6) is -0.542. The second-order valence-corrected chi connectivity index (χ2v) is 4.20. The van der Waals surface area contributed by atoms with Crippen LogP contribution in [0.3, 0.4) is 0 Å². The monoisotopic (exact) mass is 239 g/mol. The number of carbonyl (C=O) groups is 1. The van der Waals surface area contributed by atoms with E-state index in [9.17, 15) is 9.18 Å². The normalized spacial score (nSPS) is 10.9. The Kier molecular flexibility index (Phi) is 5.10. The zero-order valence-electron chi connectivity index (χ0n) is 10.4. The molecule has 0 aromatic heterocycles. The summed E-state index contributed by atoms with van der Waals surface area (Å²) < 4.78 is 17.7. The van der Waals surface area contributed by atoms with Gasteiger partial charge in [0.2, 0.25) is 0 Å². The predicted octanol–water partition coefficient (Wildman–Crippen LogP) is 2.21. The number of halogens is 1. The number of hydrogen-bond donors (Lipinski definition) is 0.